The maximum Gasteiger partial charge on any atom is 0.225 e. The van der Waals surface area contributed by atoms with Crippen LogP contribution in [0.1, 0.15) is 22.9 Å². The molecule has 5 nitrogen and oxygen atoms in total. The molecule has 1 aliphatic rings. The van der Waals surface area contributed by atoms with Crippen molar-refractivity contribution in [2.24, 2.45) is 0 Å². The predicted octanol–water partition coefficient (Wildman–Crippen LogP) is 2.20. The molecule has 4 rings (SSSR count). The number of fused-ring (bicyclic) bond motifs is 3. The van der Waals surface area contributed by atoms with E-state index in [1.807, 2.05) is 24.3 Å². The molecule has 0 saturated carbocycles. The maximum absolute atomic E-state index is 5.72. The molecule has 1 heterocycles. The molecule has 1 aliphatic carbocycles. The first-order valence-electron chi connectivity index (χ1n) is 6.69. The summed E-state index contributed by atoms with van der Waals surface area (Å²) in [6, 6.07) is 16.5. The second kappa shape index (κ2) is 4.28. The van der Waals surface area contributed by atoms with Crippen LogP contribution in [0.15, 0.2) is 48.5 Å². The molecule has 1 aromatic heterocycles. The Hall–Kier alpha value is -2.95. The molecule has 0 atom stereocenters. The maximum atomic E-state index is 5.72. The fraction of sp³-hybridized carbons (Fsp3) is 0.0625. The number of benzene rings is 2. The van der Waals surface area contributed by atoms with Crippen LogP contribution in [0.3, 0.4) is 0 Å². The van der Waals surface area contributed by atoms with Crippen molar-refractivity contribution >= 4 is 11.9 Å². The summed E-state index contributed by atoms with van der Waals surface area (Å²) in [5.41, 5.74) is 16.2. The van der Waals surface area contributed by atoms with Crippen molar-refractivity contribution in [1.29, 1.82) is 0 Å². The summed E-state index contributed by atoms with van der Waals surface area (Å²) in [7, 11) is 0. The van der Waals surface area contributed by atoms with Crippen molar-refractivity contribution in [2.75, 3.05) is 11.5 Å². The SMILES string of the molecule is Nc1nc(N)nc(C2c3ccccc3-c3ccccc32)n1. The highest BCUT2D eigenvalue weighted by Gasteiger charge is 2.31. The third-order valence-corrected chi connectivity index (χ3v) is 3.78. The molecule has 0 aliphatic heterocycles. The molecule has 0 spiro atoms. The molecule has 0 radical (unpaired) electrons. The van der Waals surface area contributed by atoms with E-state index in [-0.39, 0.29) is 17.8 Å². The normalized spacial score (nSPS) is 13.0. The highest BCUT2D eigenvalue weighted by Crippen LogP contribution is 2.46. The lowest BCUT2D eigenvalue weighted by atomic mass is 9.96. The lowest BCUT2D eigenvalue weighted by molar-refractivity contribution is 0.860. The van der Waals surface area contributed by atoms with E-state index < -0.39 is 0 Å². The molecular weight excluding hydrogens is 262 g/mol. The van der Waals surface area contributed by atoms with Crippen LogP contribution in [0.5, 0.6) is 0 Å². The standard InChI is InChI=1S/C16H13N5/c17-15-19-14(20-16(18)21-15)13-11-7-3-1-5-9(11)10-6-2-4-8-12(10)13/h1-8,13H,(H4,17,18,19,20,21). The van der Waals surface area contributed by atoms with E-state index in [0.29, 0.717) is 5.82 Å². The van der Waals surface area contributed by atoms with Crippen molar-refractivity contribution in [2.45, 2.75) is 5.92 Å². The van der Waals surface area contributed by atoms with Gasteiger partial charge in [-0.25, -0.2) is 0 Å². The molecule has 102 valence electrons. The van der Waals surface area contributed by atoms with Crippen LogP contribution >= 0.6 is 0 Å². The fourth-order valence-corrected chi connectivity index (χ4v) is 2.99. The highest BCUT2D eigenvalue weighted by atomic mass is 15.1. The van der Waals surface area contributed by atoms with Crippen LogP contribution in [0, 0.1) is 0 Å². The Morgan fingerprint density at radius 2 is 1.14 bits per heavy atom. The van der Waals surface area contributed by atoms with E-state index in [9.17, 15) is 0 Å². The molecule has 2 aromatic carbocycles. The van der Waals surface area contributed by atoms with Gasteiger partial charge in [-0.2, -0.15) is 15.0 Å². The van der Waals surface area contributed by atoms with Gasteiger partial charge in [-0.1, -0.05) is 48.5 Å². The summed E-state index contributed by atoms with van der Waals surface area (Å²) in [6.07, 6.45) is 0. The third kappa shape index (κ3) is 1.74. The van der Waals surface area contributed by atoms with Gasteiger partial charge >= 0.3 is 0 Å². The van der Waals surface area contributed by atoms with Crippen molar-refractivity contribution < 1.29 is 0 Å². The van der Waals surface area contributed by atoms with E-state index in [4.69, 9.17) is 11.5 Å². The second-order valence-corrected chi connectivity index (χ2v) is 5.02. The lowest BCUT2D eigenvalue weighted by Crippen LogP contribution is -2.11. The minimum absolute atomic E-state index is 0.0509. The van der Waals surface area contributed by atoms with Crippen LogP contribution in [0.2, 0.25) is 0 Å². The van der Waals surface area contributed by atoms with Gasteiger partial charge in [0.25, 0.3) is 0 Å². The van der Waals surface area contributed by atoms with Gasteiger partial charge in [0.15, 0.2) is 0 Å². The quantitative estimate of drug-likeness (QED) is 0.555. The first-order valence-corrected chi connectivity index (χ1v) is 6.69. The summed E-state index contributed by atoms with van der Waals surface area (Å²) in [5.74, 6) is 0.848. The minimum atomic E-state index is -0.0509. The average molecular weight is 275 g/mol. The topological polar surface area (TPSA) is 90.7 Å². The third-order valence-electron chi connectivity index (χ3n) is 3.78. The Morgan fingerprint density at radius 1 is 0.667 bits per heavy atom. The molecule has 4 N–H and O–H groups in total. The Bertz CT molecular complexity index is 778. The number of rotatable bonds is 1. The molecule has 3 aromatic rings. The summed E-state index contributed by atoms with van der Waals surface area (Å²) in [4.78, 5) is 12.4. The Labute approximate surface area is 121 Å². The van der Waals surface area contributed by atoms with Crippen LogP contribution in [0.4, 0.5) is 11.9 Å². The molecule has 21 heavy (non-hydrogen) atoms. The van der Waals surface area contributed by atoms with Crippen LogP contribution < -0.4 is 11.5 Å². The van der Waals surface area contributed by atoms with E-state index in [1.54, 1.807) is 0 Å². The Morgan fingerprint density at radius 3 is 1.67 bits per heavy atom. The van der Waals surface area contributed by atoms with Gasteiger partial charge in [-0.3, -0.25) is 0 Å². The zero-order chi connectivity index (χ0) is 14.4. The van der Waals surface area contributed by atoms with Gasteiger partial charge in [0.2, 0.25) is 11.9 Å². The van der Waals surface area contributed by atoms with Crippen molar-refractivity contribution in [3.05, 3.63) is 65.5 Å². The van der Waals surface area contributed by atoms with Gasteiger partial charge in [0.05, 0.1) is 5.92 Å². The van der Waals surface area contributed by atoms with Crippen LogP contribution in [-0.4, -0.2) is 15.0 Å². The summed E-state index contributed by atoms with van der Waals surface area (Å²) in [6.45, 7) is 0. The number of nitrogen functional groups attached to an aromatic ring is 2. The number of hydrogen-bond acceptors (Lipinski definition) is 5. The van der Waals surface area contributed by atoms with Crippen LogP contribution in [0.25, 0.3) is 11.1 Å². The van der Waals surface area contributed by atoms with Gasteiger partial charge < -0.3 is 11.5 Å². The van der Waals surface area contributed by atoms with E-state index in [2.05, 4.69) is 39.2 Å². The highest BCUT2D eigenvalue weighted by molar-refractivity contribution is 5.80. The zero-order valence-corrected chi connectivity index (χ0v) is 11.2. The summed E-state index contributed by atoms with van der Waals surface area (Å²) < 4.78 is 0. The summed E-state index contributed by atoms with van der Waals surface area (Å²) >= 11 is 0. The van der Waals surface area contributed by atoms with Crippen molar-refractivity contribution in [3.63, 3.8) is 0 Å². The first kappa shape index (κ1) is 11.8. The largest absolute Gasteiger partial charge is 0.368 e. The van der Waals surface area contributed by atoms with Gasteiger partial charge in [-0.15, -0.1) is 0 Å². The lowest BCUT2D eigenvalue weighted by Gasteiger charge is -2.12. The molecule has 5 heteroatoms. The summed E-state index contributed by atoms with van der Waals surface area (Å²) in [5, 5.41) is 0. The molecular formula is C16H13N5. The van der Waals surface area contributed by atoms with E-state index >= 15 is 0 Å². The number of nitrogens with two attached hydrogens (primary N) is 2. The number of aromatic nitrogens is 3. The van der Waals surface area contributed by atoms with E-state index in [1.165, 1.54) is 22.3 Å². The number of anilines is 2. The first-order chi connectivity index (χ1) is 10.2. The predicted molar refractivity (Wildman–Crippen MR) is 81.5 cm³/mol. The number of hydrogen-bond donors (Lipinski definition) is 2. The van der Waals surface area contributed by atoms with Crippen molar-refractivity contribution in [1.82, 2.24) is 15.0 Å². The Balaban J connectivity index is 2.00. The molecule has 0 unspecified atom stereocenters. The zero-order valence-electron chi connectivity index (χ0n) is 11.2. The molecule has 0 fully saturated rings. The second-order valence-electron chi connectivity index (χ2n) is 5.02. The molecule has 0 saturated heterocycles. The minimum Gasteiger partial charge on any atom is -0.368 e. The van der Waals surface area contributed by atoms with Gasteiger partial charge in [-0.05, 0) is 22.3 Å². The van der Waals surface area contributed by atoms with Gasteiger partial charge in [0.1, 0.15) is 5.82 Å². The molecule has 0 bridgehead atoms. The smallest absolute Gasteiger partial charge is 0.225 e. The van der Waals surface area contributed by atoms with Crippen LogP contribution in [-0.2, 0) is 0 Å². The fourth-order valence-electron chi connectivity index (χ4n) is 2.99. The van der Waals surface area contributed by atoms with E-state index in [0.717, 1.165) is 0 Å². The number of nitrogens with zero attached hydrogens (tertiary/aromatic N) is 3. The van der Waals surface area contributed by atoms with Crippen molar-refractivity contribution in [3.8, 4) is 11.1 Å². The Kier molecular flexibility index (Phi) is 2.41. The molecule has 0 amide bonds. The van der Waals surface area contributed by atoms with Gasteiger partial charge in [0, 0.05) is 0 Å². The average Bonchev–Trinajstić information content (AvgIpc) is 2.81. The monoisotopic (exact) mass is 275 g/mol.